The van der Waals surface area contributed by atoms with Crippen LogP contribution in [-0.2, 0) is 0 Å². The second-order valence-corrected chi connectivity index (χ2v) is 4.49. The third-order valence-corrected chi connectivity index (χ3v) is 3.05. The number of hydrogen-bond donors (Lipinski definition) is 2. The number of nitrogens with two attached hydrogens (primary N) is 1. The molecular weight excluding hydrogens is 250 g/mol. The van der Waals surface area contributed by atoms with Gasteiger partial charge in [0.2, 0.25) is 0 Å². The van der Waals surface area contributed by atoms with Crippen LogP contribution in [0.15, 0.2) is 29.0 Å². The fourth-order valence-corrected chi connectivity index (χ4v) is 2.15. The number of nitrogens with zero attached hydrogens (tertiary/aromatic N) is 1. The van der Waals surface area contributed by atoms with Gasteiger partial charge in [0.15, 0.2) is 0 Å². The van der Waals surface area contributed by atoms with Crippen LogP contribution in [-0.4, -0.2) is 11.5 Å². The maximum absolute atomic E-state index is 5.99. The third kappa shape index (κ3) is 2.49. The summed E-state index contributed by atoms with van der Waals surface area (Å²) in [6.07, 6.45) is 3.22. The lowest BCUT2D eigenvalue weighted by Gasteiger charge is -2.19. The van der Waals surface area contributed by atoms with Gasteiger partial charge in [0.1, 0.15) is 11.6 Å². The van der Waals surface area contributed by atoms with Crippen molar-refractivity contribution < 1.29 is 4.42 Å². The normalized spacial score (nSPS) is 12.6. The van der Waals surface area contributed by atoms with Gasteiger partial charge in [-0.25, -0.2) is 4.98 Å². The molecule has 0 aliphatic heterocycles. The maximum atomic E-state index is 5.99. The van der Waals surface area contributed by atoms with E-state index in [1.165, 1.54) is 0 Å². The van der Waals surface area contributed by atoms with Gasteiger partial charge in [-0.05, 0) is 25.6 Å². The molecule has 0 saturated heterocycles. The van der Waals surface area contributed by atoms with Crippen LogP contribution in [0.1, 0.15) is 29.9 Å². The predicted octanol–water partition coefficient (Wildman–Crippen LogP) is 2.92. The Morgan fingerprint density at radius 3 is 2.89 bits per heavy atom. The molecular formula is C13H16ClN3O. The molecule has 0 aliphatic carbocycles. The van der Waals surface area contributed by atoms with Crippen LogP contribution in [0.5, 0.6) is 0 Å². The first-order chi connectivity index (χ1) is 8.63. The second kappa shape index (κ2) is 5.42. The molecule has 0 radical (unpaired) electrons. The summed E-state index contributed by atoms with van der Waals surface area (Å²) in [6, 6.07) is 3.71. The topological polar surface area (TPSA) is 64.1 Å². The van der Waals surface area contributed by atoms with E-state index in [1.807, 2.05) is 26.0 Å². The zero-order valence-electron chi connectivity index (χ0n) is 10.4. The number of nitrogens with one attached hydrogen (secondary N) is 1. The third-order valence-electron chi connectivity index (χ3n) is 2.85. The number of furan rings is 1. The zero-order chi connectivity index (χ0) is 13.1. The number of halogens is 1. The summed E-state index contributed by atoms with van der Waals surface area (Å²) in [6.45, 7) is 4.77. The fraction of sp³-hybridized carbons (Fsp3) is 0.308. The number of hydrogen-bond acceptors (Lipinski definition) is 4. The van der Waals surface area contributed by atoms with E-state index in [-0.39, 0.29) is 6.04 Å². The van der Waals surface area contributed by atoms with Crippen molar-refractivity contribution in [3.63, 3.8) is 0 Å². The van der Waals surface area contributed by atoms with Gasteiger partial charge in [-0.2, -0.15) is 0 Å². The first-order valence-electron chi connectivity index (χ1n) is 5.81. The number of anilines is 1. The molecule has 2 heterocycles. The van der Waals surface area contributed by atoms with Gasteiger partial charge < -0.3 is 15.5 Å². The molecule has 0 aliphatic rings. The highest BCUT2D eigenvalue weighted by Gasteiger charge is 2.20. The van der Waals surface area contributed by atoms with Crippen molar-refractivity contribution in [2.75, 3.05) is 12.3 Å². The summed E-state index contributed by atoms with van der Waals surface area (Å²) >= 11 is 5.99. The molecule has 0 fully saturated rings. The number of aryl methyl sites for hydroxylation is 1. The molecule has 1 unspecified atom stereocenters. The summed E-state index contributed by atoms with van der Waals surface area (Å²) in [5.41, 5.74) is 7.85. The van der Waals surface area contributed by atoms with Crippen LogP contribution in [0.4, 0.5) is 5.82 Å². The molecule has 18 heavy (non-hydrogen) atoms. The van der Waals surface area contributed by atoms with E-state index in [0.717, 1.165) is 23.4 Å². The van der Waals surface area contributed by atoms with Gasteiger partial charge in [-0.15, -0.1) is 0 Å². The molecule has 3 N–H and O–H groups in total. The quantitative estimate of drug-likeness (QED) is 0.892. The van der Waals surface area contributed by atoms with Crippen molar-refractivity contribution >= 4 is 17.4 Å². The Morgan fingerprint density at radius 1 is 1.50 bits per heavy atom. The largest absolute Gasteiger partial charge is 0.469 e. The number of rotatable bonds is 4. The smallest absolute Gasteiger partial charge is 0.128 e. The molecule has 0 bridgehead atoms. The van der Waals surface area contributed by atoms with E-state index in [1.54, 1.807) is 12.5 Å². The van der Waals surface area contributed by atoms with Gasteiger partial charge in [0, 0.05) is 17.3 Å². The van der Waals surface area contributed by atoms with E-state index in [9.17, 15) is 0 Å². The molecule has 2 aromatic heterocycles. The molecule has 2 rings (SSSR count). The van der Waals surface area contributed by atoms with Crippen molar-refractivity contribution in [2.24, 2.45) is 0 Å². The average molecular weight is 266 g/mol. The van der Waals surface area contributed by atoms with E-state index in [0.29, 0.717) is 10.8 Å². The lowest BCUT2D eigenvalue weighted by molar-refractivity contribution is 0.520. The molecule has 96 valence electrons. The van der Waals surface area contributed by atoms with Crippen molar-refractivity contribution in [1.82, 2.24) is 10.3 Å². The van der Waals surface area contributed by atoms with Gasteiger partial charge in [0.25, 0.3) is 0 Å². The summed E-state index contributed by atoms with van der Waals surface area (Å²) in [5, 5.41) is 3.94. The standard InChI is InChI=1S/C13H16ClN3O/c1-3-16-12(10-4-5-18-8(10)2)11-6-9(14)7-17-13(11)15/h4-7,12,16H,3H2,1-2H3,(H2,15,17). The highest BCUT2D eigenvalue weighted by atomic mass is 35.5. The van der Waals surface area contributed by atoms with Gasteiger partial charge in [-0.1, -0.05) is 18.5 Å². The highest BCUT2D eigenvalue weighted by Crippen LogP contribution is 2.30. The highest BCUT2D eigenvalue weighted by molar-refractivity contribution is 6.30. The predicted molar refractivity (Wildman–Crippen MR) is 72.6 cm³/mol. The van der Waals surface area contributed by atoms with Crippen molar-refractivity contribution in [2.45, 2.75) is 19.9 Å². The van der Waals surface area contributed by atoms with E-state index < -0.39 is 0 Å². The molecule has 5 heteroatoms. The summed E-state index contributed by atoms with van der Waals surface area (Å²) < 4.78 is 5.35. The minimum Gasteiger partial charge on any atom is -0.469 e. The van der Waals surface area contributed by atoms with Crippen molar-refractivity contribution in [3.05, 3.63) is 46.5 Å². The Labute approximate surface area is 111 Å². The monoisotopic (exact) mass is 265 g/mol. The lowest BCUT2D eigenvalue weighted by atomic mass is 10.00. The molecule has 0 amide bonds. The first-order valence-corrected chi connectivity index (χ1v) is 6.19. The van der Waals surface area contributed by atoms with Crippen LogP contribution in [0, 0.1) is 6.92 Å². The maximum Gasteiger partial charge on any atom is 0.128 e. The Morgan fingerprint density at radius 2 is 2.28 bits per heavy atom. The molecule has 0 spiro atoms. The van der Waals surface area contributed by atoms with Gasteiger partial charge in [-0.3, -0.25) is 0 Å². The minimum absolute atomic E-state index is 0.0556. The molecule has 0 aromatic carbocycles. The number of pyridine rings is 1. The molecule has 0 saturated carbocycles. The summed E-state index contributed by atoms with van der Waals surface area (Å²) in [7, 11) is 0. The lowest BCUT2D eigenvalue weighted by Crippen LogP contribution is -2.23. The Kier molecular flexibility index (Phi) is 3.89. The van der Waals surface area contributed by atoms with Crippen LogP contribution < -0.4 is 11.1 Å². The first kappa shape index (κ1) is 12.9. The molecule has 1 atom stereocenters. The fourth-order valence-electron chi connectivity index (χ4n) is 1.98. The molecule has 4 nitrogen and oxygen atoms in total. The zero-order valence-corrected chi connectivity index (χ0v) is 11.2. The Bertz CT molecular complexity index is 539. The van der Waals surface area contributed by atoms with Gasteiger partial charge >= 0.3 is 0 Å². The summed E-state index contributed by atoms with van der Waals surface area (Å²) in [4.78, 5) is 4.10. The number of aromatic nitrogens is 1. The summed E-state index contributed by atoms with van der Waals surface area (Å²) in [5.74, 6) is 1.34. The van der Waals surface area contributed by atoms with Gasteiger partial charge in [0.05, 0.1) is 17.3 Å². The number of nitrogen functional groups attached to an aromatic ring is 1. The van der Waals surface area contributed by atoms with Crippen LogP contribution in [0.25, 0.3) is 0 Å². The second-order valence-electron chi connectivity index (χ2n) is 4.05. The van der Waals surface area contributed by atoms with Crippen LogP contribution in [0.3, 0.4) is 0 Å². The SMILES string of the molecule is CCNC(c1cc(Cl)cnc1N)c1ccoc1C. The van der Waals surface area contributed by atoms with Crippen molar-refractivity contribution in [3.8, 4) is 0 Å². The Balaban J connectivity index is 2.48. The Hall–Kier alpha value is -1.52. The molecule has 2 aromatic rings. The van der Waals surface area contributed by atoms with E-state index >= 15 is 0 Å². The van der Waals surface area contributed by atoms with E-state index in [2.05, 4.69) is 10.3 Å². The minimum atomic E-state index is -0.0556. The van der Waals surface area contributed by atoms with Crippen LogP contribution in [0.2, 0.25) is 5.02 Å². The average Bonchev–Trinajstić information content (AvgIpc) is 2.76. The van der Waals surface area contributed by atoms with Crippen LogP contribution >= 0.6 is 11.6 Å². The van der Waals surface area contributed by atoms with E-state index in [4.69, 9.17) is 21.8 Å². The van der Waals surface area contributed by atoms with Crippen molar-refractivity contribution in [1.29, 1.82) is 0 Å².